The van der Waals surface area contributed by atoms with Crippen LogP contribution in [0.2, 0.25) is 0 Å². The number of sulfonamides is 1. The first-order chi connectivity index (χ1) is 16.8. The molecule has 14 heteroatoms. The lowest BCUT2D eigenvalue weighted by molar-refractivity contribution is -0.106. The number of alkyl halides is 3. The van der Waals surface area contributed by atoms with Gasteiger partial charge in [0.2, 0.25) is 10.0 Å². The zero-order valence-electron chi connectivity index (χ0n) is 20.2. The van der Waals surface area contributed by atoms with Gasteiger partial charge in [-0.25, -0.2) is 32.3 Å². The van der Waals surface area contributed by atoms with Gasteiger partial charge in [0.25, 0.3) is 0 Å². The van der Waals surface area contributed by atoms with E-state index in [0.29, 0.717) is 18.7 Å². The molecule has 2 heterocycles. The van der Waals surface area contributed by atoms with Gasteiger partial charge in [-0.3, -0.25) is 4.90 Å². The first-order valence-electron chi connectivity index (χ1n) is 11.8. The van der Waals surface area contributed by atoms with Gasteiger partial charge in [0.15, 0.2) is 11.6 Å². The molecule has 1 aliphatic heterocycles. The summed E-state index contributed by atoms with van der Waals surface area (Å²) >= 11 is 0. The molecular formula is C22H30F4N4O5S. The van der Waals surface area contributed by atoms with Gasteiger partial charge in [-0.15, -0.1) is 0 Å². The molecule has 0 aromatic carbocycles. The SMILES string of the molecule is COC(=O)N1[C@H](CO[C@H]2CC[C@]3(c4ncc(F)cn4)[C@H](C2)[C@@H]3C)[C@H](NS(=O)(=O)CC(F)(F)F)C[C@@H]1C. The van der Waals surface area contributed by atoms with Crippen molar-refractivity contribution in [2.75, 3.05) is 19.5 Å². The normalized spacial score (nSPS) is 34.4. The van der Waals surface area contributed by atoms with E-state index in [-0.39, 0.29) is 36.4 Å². The largest absolute Gasteiger partial charge is 0.453 e. The van der Waals surface area contributed by atoms with Crippen LogP contribution in [0.25, 0.3) is 0 Å². The van der Waals surface area contributed by atoms with Crippen molar-refractivity contribution in [2.24, 2.45) is 11.8 Å². The number of ether oxygens (including phenoxy) is 2. The maximum absolute atomic E-state index is 13.3. The summed E-state index contributed by atoms with van der Waals surface area (Å²) < 4.78 is 88.8. The van der Waals surface area contributed by atoms with Crippen LogP contribution in [0.1, 0.15) is 45.4 Å². The number of carbonyl (C=O) groups excluding carboxylic acids is 1. The Morgan fingerprint density at radius 2 is 1.92 bits per heavy atom. The highest BCUT2D eigenvalue weighted by molar-refractivity contribution is 7.89. The fraction of sp³-hybridized carbons (Fsp3) is 0.773. The number of nitrogens with zero attached hydrogens (tertiary/aromatic N) is 3. The zero-order chi connectivity index (χ0) is 26.5. The van der Waals surface area contributed by atoms with Crippen molar-refractivity contribution >= 4 is 16.1 Å². The van der Waals surface area contributed by atoms with Crippen LogP contribution in [0, 0.1) is 17.7 Å². The average Bonchev–Trinajstić information content (AvgIpc) is 3.25. The van der Waals surface area contributed by atoms with E-state index in [0.717, 1.165) is 18.8 Å². The quantitative estimate of drug-likeness (QED) is 0.532. The number of nitrogens with one attached hydrogen (secondary N) is 1. The molecular weight excluding hydrogens is 508 g/mol. The third kappa shape index (κ3) is 5.30. The molecule has 0 bridgehead atoms. The predicted octanol–water partition coefficient (Wildman–Crippen LogP) is 2.77. The van der Waals surface area contributed by atoms with Crippen molar-refractivity contribution in [3.8, 4) is 0 Å². The molecule has 2 saturated carbocycles. The lowest BCUT2D eigenvalue weighted by Gasteiger charge is -2.32. The number of likely N-dealkylation sites (tertiary alicyclic amines) is 1. The molecule has 3 fully saturated rings. The predicted molar refractivity (Wildman–Crippen MR) is 119 cm³/mol. The fourth-order valence-corrected chi connectivity index (χ4v) is 7.39. The summed E-state index contributed by atoms with van der Waals surface area (Å²) in [6, 6.07) is -2.26. The molecule has 1 amide bonds. The van der Waals surface area contributed by atoms with Crippen molar-refractivity contribution in [1.82, 2.24) is 19.6 Å². The second-order valence-electron chi connectivity index (χ2n) is 10.0. The molecule has 36 heavy (non-hydrogen) atoms. The van der Waals surface area contributed by atoms with Crippen molar-refractivity contribution in [3.63, 3.8) is 0 Å². The fourth-order valence-electron chi connectivity index (χ4n) is 6.16. The molecule has 1 aromatic rings. The third-order valence-corrected chi connectivity index (χ3v) is 9.24. The molecule has 7 atom stereocenters. The Hall–Kier alpha value is -2.06. The molecule has 9 nitrogen and oxygen atoms in total. The van der Waals surface area contributed by atoms with Gasteiger partial charge < -0.3 is 9.47 Å². The standard InChI is InChI=1S/C22H30F4N4O5S/c1-12-6-17(29-36(32,33)11-22(24,25)26)18(30(12)20(31)34-3)10-35-15-4-5-21(13(2)16(21)7-15)19-27-8-14(23)9-28-19/h8-9,12-13,15-18,29H,4-7,10-11H2,1-3H3/t12-,13-,15-,16+,17+,18+,21+/m0/s1. The van der Waals surface area contributed by atoms with Crippen LogP contribution in [0.4, 0.5) is 22.4 Å². The van der Waals surface area contributed by atoms with E-state index in [1.165, 1.54) is 12.0 Å². The summed E-state index contributed by atoms with van der Waals surface area (Å²) in [5.74, 6) is -1.40. The highest BCUT2D eigenvalue weighted by atomic mass is 32.2. The Bertz CT molecular complexity index is 1070. The summed E-state index contributed by atoms with van der Waals surface area (Å²) in [5.41, 5.74) is -0.233. The average molecular weight is 539 g/mol. The third-order valence-electron chi connectivity index (χ3n) is 7.87. The molecule has 0 spiro atoms. The number of halogens is 4. The Balaban J connectivity index is 1.43. The van der Waals surface area contributed by atoms with Crippen molar-refractivity contribution < 1.29 is 40.2 Å². The molecule has 0 unspecified atom stereocenters. The number of methoxy groups -OCH3 is 1. The molecule has 4 rings (SSSR count). The number of carbonyl (C=O) groups is 1. The van der Waals surface area contributed by atoms with E-state index in [4.69, 9.17) is 9.47 Å². The first kappa shape index (κ1) is 27.0. The van der Waals surface area contributed by atoms with E-state index >= 15 is 0 Å². The Kier molecular flexibility index (Phi) is 7.25. The summed E-state index contributed by atoms with van der Waals surface area (Å²) in [5, 5.41) is 0. The van der Waals surface area contributed by atoms with E-state index in [1.54, 1.807) is 6.92 Å². The van der Waals surface area contributed by atoms with E-state index in [1.807, 2.05) is 0 Å². The molecule has 1 saturated heterocycles. The Morgan fingerprint density at radius 1 is 1.25 bits per heavy atom. The van der Waals surface area contributed by atoms with Gasteiger partial charge in [-0.1, -0.05) is 6.92 Å². The van der Waals surface area contributed by atoms with Gasteiger partial charge in [-0.05, 0) is 44.4 Å². The van der Waals surface area contributed by atoms with E-state index < -0.39 is 52.0 Å². The minimum absolute atomic E-state index is 0.0650. The lowest BCUT2D eigenvalue weighted by Crippen LogP contribution is -2.51. The molecule has 1 aromatic heterocycles. The minimum Gasteiger partial charge on any atom is -0.453 e. The maximum Gasteiger partial charge on any atom is 0.410 e. The summed E-state index contributed by atoms with van der Waals surface area (Å²) in [7, 11) is -3.50. The van der Waals surface area contributed by atoms with Crippen LogP contribution in [0.15, 0.2) is 12.4 Å². The maximum atomic E-state index is 13.3. The molecule has 1 N–H and O–H groups in total. The number of hydrogen-bond donors (Lipinski definition) is 1. The van der Waals surface area contributed by atoms with Gasteiger partial charge in [0.05, 0.1) is 38.3 Å². The van der Waals surface area contributed by atoms with Crippen LogP contribution in [-0.2, 0) is 24.9 Å². The van der Waals surface area contributed by atoms with Gasteiger partial charge in [0, 0.05) is 17.5 Å². The smallest absolute Gasteiger partial charge is 0.410 e. The van der Waals surface area contributed by atoms with Crippen molar-refractivity contribution in [2.45, 2.75) is 75.4 Å². The van der Waals surface area contributed by atoms with Gasteiger partial charge in [-0.2, -0.15) is 13.2 Å². The molecule has 3 aliphatic rings. The lowest BCUT2D eigenvalue weighted by atomic mass is 9.85. The molecule has 202 valence electrons. The number of hydrogen-bond acceptors (Lipinski definition) is 7. The second-order valence-corrected chi connectivity index (χ2v) is 11.8. The van der Waals surface area contributed by atoms with E-state index in [9.17, 15) is 30.8 Å². The van der Waals surface area contributed by atoms with Gasteiger partial charge in [0.1, 0.15) is 5.82 Å². The van der Waals surface area contributed by atoms with Crippen LogP contribution in [0.3, 0.4) is 0 Å². The number of aromatic nitrogens is 2. The summed E-state index contributed by atoms with van der Waals surface area (Å²) in [6.07, 6.45) is -1.33. The number of rotatable bonds is 7. The second kappa shape index (κ2) is 9.67. The highest BCUT2D eigenvalue weighted by Crippen LogP contribution is 2.66. The van der Waals surface area contributed by atoms with Gasteiger partial charge >= 0.3 is 12.3 Å². The summed E-state index contributed by atoms with van der Waals surface area (Å²) in [6.45, 7) is 3.69. The zero-order valence-corrected chi connectivity index (χ0v) is 21.0. The van der Waals surface area contributed by atoms with Crippen LogP contribution in [-0.4, -0.2) is 79.3 Å². The Labute approximate surface area is 207 Å². The highest BCUT2D eigenvalue weighted by Gasteiger charge is 2.66. The first-order valence-corrected chi connectivity index (χ1v) is 13.5. The topological polar surface area (TPSA) is 111 Å². The number of amides is 1. The van der Waals surface area contributed by atoms with Crippen LogP contribution >= 0.6 is 0 Å². The minimum atomic E-state index is -4.89. The van der Waals surface area contributed by atoms with Crippen molar-refractivity contribution in [3.05, 3.63) is 24.0 Å². The number of fused-ring (bicyclic) bond motifs is 1. The van der Waals surface area contributed by atoms with Crippen molar-refractivity contribution in [1.29, 1.82) is 0 Å². The van der Waals surface area contributed by atoms with Crippen LogP contribution in [0.5, 0.6) is 0 Å². The summed E-state index contributed by atoms with van der Waals surface area (Å²) in [4.78, 5) is 22.1. The van der Waals surface area contributed by atoms with Crippen LogP contribution < -0.4 is 4.72 Å². The van der Waals surface area contributed by atoms with E-state index in [2.05, 4.69) is 21.6 Å². The molecule has 2 aliphatic carbocycles. The Morgan fingerprint density at radius 3 is 2.50 bits per heavy atom. The monoisotopic (exact) mass is 538 g/mol. The molecule has 0 radical (unpaired) electrons.